The van der Waals surface area contributed by atoms with E-state index in [0.717, 1.165) is 25.0 Å². The molecular formula is C22H27FNO3P. The summed E-state index contributed by atoms with van der Waals surface area (Å²) >= 11 is 0. The number of hydrogen-bond donors (Lipinski definition) is 0. The topological polar surface area (TPSA) is 46.6 Å². The van der Waals surface area contributed by atoms with Crippen LogP contribution in [0.25, 0.3) is 0 Å². The van der Waals surface area contributed by atoms with E-state index in [-0.39, 0.29) is 0 Å². The maximum atomic E-state index is 15.7. The first-order valence-corrected chi connectivity index (χ1v) is 11.0. The third-order valence-corrected chi connectivity index (χ3v) is 8.53. The van der Waals surface area contributed by atoms with Crippen molar-refractivity contribution in [1.82, 2.24) is 4.67 Å². The highest BCUT2D eigenvalue weighted by Crippen LogP contribution is 2.76. The van der Waals surface area contributed by atoms with E-state index in [1.54, 1.807) is 4.67 Å². The molecule has 4 atom stereocenters. The lowest BCUT2D eigenvalue weighted by Gasteiger charge is -2.42. The van der Waals surface area contributed by atoms with Gasteiger partial charge in [-0.25, -0.2) is 9.06 Å². The standard InChI is InChI=1S/C22H27FNO3P/c1-16(25)22(5,23)28(26)24(21(2,3)4)19(17-12-8-6-9-13-17)20(27-28)18-14-10-7-11-15-18/h6-15,19-20H,1-5H3/t19-,20+,22-,28?/m0/s1. The van der Waals surface area contributed by atoms with Crippen LogP contribution < -0.4 is 0 Å². The Morgan fingerprint density at radius 3 is 1.86 bits per heavy atom. The van der Waals surface area contributed by atoms with Gasteiger partial charge in [-0.15, -0.1) is 0 Å². The number of carbonyl (C=O) groups excluding carboxylic acids is 1. The Morgan fingerprint density at radius 2 is 1.43 bits per heavy atom. The fourth-order valence-electron chi connectivity index (χ4n) is 3.72. The number of nitrogens with zero attached hydrogens (tertiary/aromatic N) is 1. The second kappa shape index (κ2) is 7.22. The van der Waals surface area contributed by atoms with Crippen molar-refractivity contribution in [3.05, 3.63) is 71.8 Å². The SMILES string of the molecule is CC(=O)[C@@](C)(F)P1(=O)O[C@H](c2ccccc2)[C@H](c2ccccc2)N1C(C)(C)C. The van der Waals surface area contributed by atoms with Gasteiger partial charge in [0.2, 0.25) is 0 Å². The van der Waals surface area contributed by atoms with Gasteiger partial charge in [0.25, 0.3) is 5.41 Å². The molecule has 4 nitrogen and oxygen atoms in total. The normalized spacial score (nSPS) is 28.1. The highest BCUT2D eigenvalue weighted by atomic mass is 31.2. The summed E-state index contributed by atoms with van der Waals surface area (Å²) in [5.74, 6) is -0.800. The summed E-state index contributed by atoms with van der Waals surface area (Å²) < 4.78 is 37.5. The van der Waals surface area contributed by atoms with E-state index >= 15 is 4.39 Å². The lowest BCUT2D eigenvalue weighted by atomic mass is 9.93. The molecule has 1 aliphatic heterocycles. The molecule has 1 fully saturated rings. The molecule has 0 spiro atoms. The summed E-state index contributed by atoms with van der Waals surface area (Å²) in [5.41, 5.74) is 0.952. The maximum absolute atomic E-state index is 15.7. The fraction of sp³-hybridized carbons (Fsp3) is 0.409. The third-order valence-electron chi connectivity index (χ3n) is 5.22. The van der Waals surface area contributed by atoms with Crippen molar-refractivity contribution in [1.29, 1.82) is 0 Å². The number of benzene rings is 2. The van der Waals surface area contributed by atoms with Crippen LogP contribution in [0, 0.1) is 0 Å². The number of alkyl halides is 1. The van der Waals surface area contributed by atoms with E-state index in [9.17, 15) is 9.36 Å². The molecule has 0 aliphatic carbocycles. The van der Waals surface area contributed by atoms with Crippen LogP contribution in [-0.4, -0.2) is 21.4 Å². The van der Waals surface area contributed by atoms with Gasteiger partial charge >= 0.3 is 7.52 Å². The Hall–Kier alpha value is -1.81. The van der Waals surface area contributed by atoms with Gasteiger partial charge in [0.15, 0.2) is 5.78 Å². The van der Waals surface area contributed by atoms with Crippen molar-refractivity contribution in [2.45, 2.75) is 57.7 Å². The van der Waals surface area contributed by atoms with Crippen LogP contribution in [-0.2, 0) is 13.9 Å². The highest BCUT2D eigenvalue weighted by Gasteiger charge is 2.65. The van der Waals surface area contributed by atoms with E-state index in [2.05, 4.69) is 0 Å². The monoisotopic (exact) mass is 403 g/mol. The second-order valence-electron chi connectivity index (χ2n) is 8.34. The zero-order valence-corrected chi connectivity index (χ0v) is 17.8. The summed E-state index contributed by atoms with van der Waals surface area (Å²) in [6, 6.07) is 18.4. The number of ketones is 1. The molecule has 0 aromatic heterocycles. The molecule has 6 heteroatoms. The van der Waals surface area contributed by atoms with Gasteiger partial charge in [0.05, 0.1) is 6.04 Å². The fourth-order valence-corrected chi connectivity index (χ4v) is 6.74. The summed E-state index contributed by atoms with van der Waals surface area (Å²) in [4.78, 5) is 12.2. The molecule has 150 valence electrons. The summed E-state index contributed by atoms with van der Waals surface area (Å²) in [7, 11) is -4.19. The van der Waals surface area contributed by atoms with Crippen molar-refractivity contribution in [2.75, 3.05) is 0 Å². The first-order chi connectivity index (χ1) is 13.0. The van der Waals surface area contributed by atoms with Crippen molar-refractivity contribution < 1.29 is 18.3 Å². The molecule has 0 bridgehead atoms. The number of Topliss-reactive ketones (excluding diaryl/α,β-unsaturated/α-hetero) is 1. The van der Waals surface area contributed by atoms with Crippen molar-refractivity contribution in [2.24, 2.45) is 0 Å². The van der Waals surface area contributed by atoms with Gasteiger partial charge in [-0.1, -0.05) is 60.7 Å². The van der Waals surface area contributed by atoms with Crippen LogP contribution in [0.3, 0.4) is 0 Å². The second-order valence-corrected chi connectivity index (χ2v) is 10.9. The number of halogens is 1. The zero-order chi connectivity index (χ0) is 20.7. The molecule has 2 aromatic carbocycles. The molecule has 1 saturated heterocycles. The van der Waals surface area contributed by atoms with Gasteiger partial charge in [0.1, 0.15) is 6.10 Å². The maximum Gasteiger partial charge on any atom is 0.318 e. The van der Waals surface area contributed by atoms with Crippen molar-refractivity contribution >= 4 is 13.3 Å². The van der Waals surface area contributed by atoms with E-state index in [1.807, 2.05) is 81.4 Å². The van der Waals surface area contributed by atoms with E-state index in [4.69, 9.17) is 4.52 Å². The van der Waals surface area contributed by atoms with Gasteiger partial charge in [-0.05, 0) is 45.7 Å². The highest BCUT2D eigenvalue weighted by molar-refractivity contribution is 7.59. The molecule has 3 rings (SSSR count). The molecule has 0 amide bonds. The van der Waals surface area contributed by atoms with Crippen LogP contribution in [0.2, 0.25) is 0 Å². The lowest BCUT2D eigenvalue weighted by molar-refractivity contribution is -0.123. The molecule has 2 aromatic rings. The van der Waals surface area contributed by atoms with Crippen LogP contribution in [0.1, 0.15) is 57.9 Å². The summed E-state index contributed by atoms with van der Waals surface area (Å²) in [6.45, 7) is 7.79. The van der Waals surface area contributed by atoms with E-state index < -0.39 is 36.4 Å². The minimum atomic E-state index is -4.19. The van der Waals surface area contributed by atoms with Crippen LogP contribution in [0.5, 0.6) is 0 Å². The smallest absolute Gasteiger partial charge is 0.305 e. The molecule has 0 saturated carbocycles. The van der Waals surface area contributed by atoms with E-state index in [0.29, 0.717) is 0 Å². The predicted molar refractivity (Wildman–Crippen MR) is 109 cm³/mol. The zero-order valence-electron chi connectivity index (χ0n) is 16.9. The van der Waals surface area contributed by atoms with Gasteiger partial charge in [-0.2, -0.15) is 0 Å². The van der Waals surface area contributed by atoms with Crippen molar-refractivity contribution in [3.8, 4) is 0 Å². The number of carbonyl (C=O) groups is 1. The van der Waals surface area contributed by atoms with Crippen LogP contribution in [0.4, 0.5) is 4.39 Å². The minimum absolute atomic E-state index is 0.496. The quantitative estimate of drug-likeness (QED) is 0.582. The average molecular weight is 403 g/mol. The predicted octanol–water partition coefficient (Wildman–Crippen LogP) is 6.07. The first kappa shape index (κ1) is 20.9. The number of rotatable bonds is 4. The Balaban J connectivity index is 2.27. The Bertz CT molecular complexity index is 893. The van der Waals surface area contributed by atoms with E-state index in [1.165, 1.54) is 0 Å². The van der Waals surface area contributed by atoms with Gasteiger partial charge < -0.3 is 4.52 Å². The van der Waals surface area contributed by atoms with Crippen molar-refractivity contribution in [3.63, 3.8) is 0 Å². The first-order valence-electron chi connectivity index (χ1n) is 9.38. The minimum Gasteiger partial charge on any atom is -0.305 e. The van der Waals surface area contributed by atoms with Gasteiger partial charge in [-0.3, -0.25) is 9.36 Å². The Labute approximate surface area is 166 Å². The largest absolute Gasteiger partial charge is 0.318 e. The molecule has 0 N–H and O–H groups in total. The number of hydrogen-bond acceptors (Lipinski definition) is 3. The molecule has 1 unspecified atom stereocenters. The Morgan fingerprint density at radius 1 is 0.964 bits per heavy atom. The Kier molecular flexibility index (Phi) is 5.39. The molecule has 28 heavy (non-hydrogen) atoms. The molecule has 1 aliphatic rings. The summed E-state index contributed by atoms with van der Waals surface area (Å²) in [6.07, 6.45) is -0.664. The van der Waals surface area contributed by atoms with Crippen LogP contribution in [0.15, 0.2) is 60.7 Å². The lowest BCUT2D eigenvalue weighted by Crippen LogP contribution is -2.44. The van der Waals surface area contributed by atoms with Gasteiger partial charge in [0, 0.05) is 5.54 Å². The van der Waals surface area contributed by atoms with Crippen LogP contribution >= 0.6 is 7.52 Å². The summed E-state index contributed by atoms with van der Waals surface area (Å²) in [5, 5.41) is -2.61. The molecule has 1 heterocycles. The third kappa shape index (κ3) is 3.36. The molecular weight excluding hydrogens is 376 g/mol. The molecule has 0 radical (unpaired) electrons. The average Bonchev–Trinajstić information content (AvgIpc) is 2.98.